The molecule has 2 fully saturated rings. The van der Waals surface area contributed by atoms with Crippen LogP contribution in [0, 0.1) is 12.2 Å². The molecule has 0 bridgehead atoms. The number of rotatable bonds is 8. The van der Waals surface area contributed by atoms with Crippen LogP contribution in [-0.4, -0.2) is 16.1 Å². The van der Waals surface area contributed by atoms with Crippen molar-refractivity contribution in [3.63, 3.8) is 0 Å². The molecule has 6 rings (SSSR count). The van der Waals surface area contributed by atoms with Crippen molar-refractivity contribution in [3.8, 4) is 0 Å². The van der Waals surface area contributed by atoms with Crippen molar-refractivity contribution in [3.05, 3.63) is 82.9 Å². The van der Waals surface area contributed by atoms with Crippen LogP contribution >= 0.6 is 0 Å². The smallest absolute Gasteiger partial charge is 1.00 e. The van der Waals surface area contributed by atoms with Gasteiger partial charge in [0.2, 0.25) is 0 Å². The molecule has 196 valence electrons. The molecule has 0 nitrogen and oxygen atoms in total. The van der Waals surface area contributed by atoms with Gasteiger partial charge in [0.25, 0.3) is 0 Å². The molecular formula is C32H42Cl2Si2Ti. The molecule has 0 N–H and O–H groups in total. The van der Waals surface area contributed by atoms with Crippen molar-refractivity contribution in [2.75, 3.05) is 0 Å². The molecule has 2 aromatic rings. The summed E-state index contributed by atoms with van der Waals surface area (Å²) in [6.45, 7) is 4.64. The van der Waals surface area contributed by atoms with Crippen LogP contribution in [0.15, 0.2) is 48.5 Å². The SMILES string of the molecule is CCCC[Si]1(C2[C-]=Cc3ccccc32)CCC1.CCCC[Si]1(C2[C-]=Cc3ccccc32)CCC1.[Cl-].[Cl-].[Ti+4]. The molecule has 2 aromatic carbocycles. The van der Waals surface area contributed by atoms with Crippen molar-refractivity contribution in [2.45, 2.75) is 99.7 Å². The van der Waals surface area contributed by atoms with E-state index < -0.39 is 16.1 Å². The second-order valence-electron chi connectivity index (χ2n) is 11.4. The molecule has 2 heterocycles. The quantitative estimate of drug-likeness (QED) is 0.321. The Morgan fingerprint density at radius 3 is 1.35 bits per heavy atom. The van der Waals surface area contributed by atoms with Gasteiger partial charge in [0, 0.05) is 16.1 Å². The molecular weight excluding hydrogens is 559 g/mol. The fourth-order valence-corrected chi connectivity index (χ4v) is 17.1. The summed E-state index contributed by atoms with van der Waals surface area (Å²) in [7, 11) is -2.05. The van der Waals surface area contributed by atoms with Gasteiger partial charge in [-0.05, 0) is 0 Å². The van der Waals surface area contributed by atoms with E-state index in [-0.39, 0.29) is 46.5 Å². The number of unbranched alkanes of at least 4 members (excludes halogenated alkanes) is 2. The second kappa shape index (κ2) is 14.9. The topological polar surface area (TPSA) is 0 Å². The predicted molar refractivity (Wildman–Crippen MR) is 153 cm³/mol. The minimum absolute atomic E-state index is 0. The zero-order valence-corrected chi connectivity index (χ0v) is 27.7. The molecule has 2 unspecified atom stereocenters. The van der Waals surface area contributed by atoms with Gasteiger partial charge < -0.3 is 24.8 Å². The van der Waals surface area contributed by atoms with Gasteiger partial charge in [-0.15, -0.1) is 23.3 Å². The molecule has 0 spiro atoms. The van der Waals surface area contributed by atoms with Crippen molar-refractivity contribution < 1.29 is 46.5 Å². The Balaban J connectivity index is 0.000000241. The second-order valence-corrected chi connectivity index (χ2v) is 21.0. The van der Waals surface area contributed by atoms with Gasteiger partial charge >= 0.3 is 21.7 Å². The van der Waals surface area contributed by atoms with Crippen molar-refractivity contribution >= 4 is 28.3 Å². The maximum Gasteiger partial charge on any atom is 4.00 e. The zero-order chi connectivity index (χ0) is 23.4. The number of halogens is 2. The normalized spacial score (nSPS) is 22.4. The van der Waals surface area contributed by atoms with E-state index in [1.165, 1.54) is 61.7 Å². The van der Waals surface area contributed by atoms with E-state index in [9.17, 15) is 0 Å². The Morgan fingerprint density at radius 2 is 1.03 bits per heavy atom. The average molecular weight is 602 g/mol. The van der Waals surface area contributed by atoms with E-state index in [2.05, 4.69) is 86.7 Å². The zero-order valence-electron chi connectivity index (χ0n) is 22.7. The van der Waals surface area contributed by atoms with Crippen LogP contribution in [-0.2, 0) is 21.7 Å². The third-order valence-corrected chi connectivity index (χ3v) is 20.9. The molecule has 0 radical (unpaired) electrons. The molecule has 0 saturated carbocycles. The minimum atomic E-state index is -1.02. The molecule has 0 aromatic heterocycles. The standard InChI is InChI=1S/2C16H21Si.2ClH.Ti/c2*1-2-3-11-17(12-6-13-17)16-10-9-14-7-4-5-8-15(14)16;;;/h2*4-5,7-9,16H,2-3,6,11-13H2,1H3;2*1H;/q2*-1;;;+4/p-2. The third kappa shape index (κ3) is 6.69. The molecule has 2 aliphatic carbocycles. The molecule has 2 aliphatic heterocycles. The summed E-state index contributed by atoms with van der Waals surface area (Å²) < 4.78 is 0. The Morgan fingerprint density at radius 1 is 0.649 bits per heavy atom. The van der Waals surface area contributed by atoms with Crippen LogP contribution in [0.1, 0.15) is 85.7 Å². The molecule has 37 heavy (non-hydrogen) atoms. The summed E-state index contributed by atoms with van der Waals surface area (Å²) in [5.41, 5.74) is 7.50. The van der Waals surface area contributed by atoms with Gasteiger partial charge in [-0.1, -0.05) is 136 Å². The summed E-state index contributed by atoms with van der Waals surface area (Å²) in [5, 5.41) is 0. The number of hydrogen-bond donors (Lipinski definition) is 0. The fraction of sp³-hybridized carbons (Fsp3) is 0.500. The predicted octanol–water partition coefficient (Wildman–Crippen LogP) is 3.59. The first-order chi connectivity index (χ1) is 16.7. The van der Waals surface area contributed by atoms with Crippen molar-refractivity contribution in [1.82, 2.24) is 0 Å². The largest absolute Gasteiger partial charge is 4.00 e. The van der Waals surface area contributed by atoms with E-state index in [0.717, 1.165) is 11.1 Å². The van der Waals surface area contributed by atoms with Gasteiger partial charge in [0.05, 0.1) is 0 Å². The van der Waals surface area contributed by atoms with Crippen LogP contribution in [0.25, 0.3) is 12.2 Å². The van der Waals surface area contributed by atoms with Crippen LogP contribution in [0.2, 0.25) is 36.3 Å². The molecule has 0 amide bonds. The van der Waals surface area contributed by atoms with Crippen LogP contribution in [0.3, 0.4) is 0 Å². The number of hydrogen-bond acceptors (Lipinski definition) is 0. The molecule has 4 aliphatic rings. The Hall–Kier alpha value is -0.352. The fourth-order valence-electron chi connectivity index (χ4n) is 7.04. The number of benzene rings is 2. The first-order valence-corrected chi connectivity index (χ1v) is 19.5. The maximum absolute atomic E-state index is 3.71. The first-order valence-electron chi connectivity index (χ1n) is 14.1. The molecule has 2 saturated heterocycles. The summed E-state index contributed by atoms with van der Waals surface area (Å²) in [6.07, 6.45) is 20.5. The number of allylic oxidation sites excluding steroid dienone is 2. The summed E-state index contributed by atoms with van der Waals surface area (Å²) in [5.74, 6) is 0. The van der Waals surface area contributed by atoms with E-state index in [1.807, 2.05) is 0 Å². The van der Waals surface area contributed by atoms with Crippen molar-refractivity contribution in [1.29, 1.82) is 0 Å². The summed E-state index contributed by atoms with van der Waals surface area (Å²) >= 11 is 0. The van der Waals surface area contributed by atoms with Gasteiger partial charge in [0.1, 0.15) is 0 Å². The summed E-state index contributed by atoms with van der Waals surface area (Å²) in [6, 6.07) is 27.2. The van der Waals surface area contributed by atoms with E-state index >= 15 is 0 Å². The minimum Gasteiger partial charge on any atom is -1.00 e. The monoisotopic (exact) mass is 600 g/mol. The number of fused-ring (bicyclic) bond motifs is 2. The maximum atomic E-state index is 3.71. The Kier molecular flexibility index (Phi) is 13.2. The van der Waals surface area contributed by atoms with Gasteiger partial charge in [-0.3, -0.25) is 12.2 Å². The van der Waals surface area contributed by atoms with Crippen LogP contribution in [0.5, 0.6) is 0 Å². The van der Waals surface area contributed by atoms with Crippen molar-refractivity contribution in [2.24, 2.45) is 0 Å². The average Bonchev–Trinajstić information content (AvgIpc) is 3.44. The van der Waals surface area contributed by atoms with Gasteiger partial charge in [0.15, 0.2) is 0 Å². The van der Waals surface area contributed by atoms with Gasteiger partial charge in [-0.2, -0.15) is 11.1 Å². The Labute approximate surface area is 255 Å². The Bertz CT molecular complexity index is 959. The van der Waals surface area contributed by atoms with Crippen LogP contribution < -0.4 is 24.8 Å². The van der Waals surface area contributed by atoms with E-state index in [4.69, 9.17) is 0 Å². The van der Waals surface area contributed by atoms with Crippen LogP contribution in [0.4, 0.5) is 0 Å². The molecule has 5 heteroatoms. The summed E-state index contributed by atoms with van der Waals surface area (Å²) in [4.78, 5) is 0. The van der Waals surface area contributed by atoms with E-state index in [0.29, 0.717) is 0 Å². The third-order valence-electron chi connectivity index (χ3n) is 9.40. The van der Waals surface area contributed by atoms with E-state index in [1.54, 1.807) is 35.3 Å². The van der Waals surface area contributed by atoms with Gasteiger partial charge in [-0.25, -0.2) is 12.2 Å². The first kappa shape index (κ1) is 32.9. The molecule has 2 atom stereocenters.